The molecule has 4 heterocycles. The molecule has 2 saturated heterocycles. The highest BCUT2D eigenvalue weighted by Crippen LogP contribution is 2.47. The third-order valence-corrected chi connectivity index (χ3v) is 16.4. The SMILES string of the molecule is CCCN1C[C@H](CSCC(=O)NCCCC[C@H](NC(=O)CSC[C@@H]2C[C@@H]3c4cccc5[nH]cc(c45)C[C@H]3N(CCC)C2)C(=O)C(C)C)C[C@@H]2c3cccc4[nH]cc(c34)C[C@H]21. The Morgan fingerprint density at radius 1 is 0.750 bits per heavy atom. The van der Waals surface area contributed by atoms with Gasteiger partial charge in [-0.15, -0.1) is 0 Å². The Morgan fingerprint density at radius 2 is 1.28 bits per heavy atom. The van der Waals surface area contributed by atoms with Crippen LogP contribution >= 0.6 is 23.5 Å². The molecule has 2 aromatic heterocycles. The molecule has 8 rings (SSSR count). The zero-order chi connectivity index (χ0) is 41.8. The quantitative estimate of drug-likeness (QED) is 0.0663. The van der Waals surface area contributed by atoms with Crippen LogP contribution in [0.25, 0.3) is 21.8 Å². The minimum Gasteiger partial charge on any atom is -0.361 e. The standard InChI is InChI=1S/C49H68N6O3S2/c1-5-17-54-25-32(19-38-36-11-9-14-40-47(36)34(23-51-40)21-43(38)54)27-59-29-45(56)50-16-8-7-13-42(49(58)31(3)4)53-46(57)30-60-28-33-20-39-37-12-10-15-41-48(37)35(24-52-41)22-44(39)55(26-33)18-6-2/h9-12,14-15,23-24,31-33,38-39,42-44,51-52H,5-8,13,16-22,25-30H2,1-4H3,(H,50,56)(H,53,57)/t32-,33-,38-,39-,42+,43-,44-/m1/s1. The lowest BCUT2D eigenvalue weighted by Gasteiger charge is -2.47. The normalized spacial score (nSPS) is 24.4. The monoisotopic (exact) mass is 852 g/mol. The zero-order valence-corrected chi connectivity index (χ0v) is 38.0. The molecule has 0 spiro atoms. The number of piperidine rings is 2. The van der Waals surface area contributed by atoms with Gasteiger partial charge >= 0.3 is 0 Å². The number of ketones is 1. The molecule has 0 saturated carbocycles. The van der Waals surface area contributed by atoms with Crippen molar-refractivity contribution in [2.45, 2.75) is 115 Å². The summed E-state index contributed by atoms with van der Waals surface area (Å²) in [6.45, 7) is 13.4. The summed E-state index contributed by atoms with van der Waals surface area (Å²) in [6, 6.07) is 14.1. The summed E-state index contributed by atoms with van der Waals surface area (Å²) < 4.78 is 0. The number of nitrogens with zero attached hydrogens (tertiary/aromatic N) is 2. The Kier molecular flexibility index (Phi) is 14.4. The van der Waals surface area contributed by atoms with E-state index in [0.29, 0.717) is 60.2 Å². The summed E-state index contributed by atoms with van der Waals surface area (Å²) in [5.41, 5.74) is 8.42. The summed E-state index contributed by atoms with van der Waals surface area (Å²) >= 11 is 3.48. The molecule has 2 aliphatic heterocycles. The van der Waals surface area contributed by atoms with Crippen LogP contribution in [0.5, 0.6) is 0 Å². The number of H-pyrrole nitrogens is 2. The molecule has 0 unspecified atom stereocenters. The predicted octanol–water partition coefficient (Wildman–Crippen LogP) is 8.29. The fourth-order valence-electron chi connectivity index (χ4n) is 11.4. The van der Waals surface area contributed by atoms with E-state index in [1.54, 1.807) is 23.5 Å². The molecular formula is C49H68N6O3S2. The second kappa shape index (κ2) is 19.9. The third-order valence-electron chi connectivity index (χ3n) is 14.0. The van der Waals surface area contributed by atoms with Crippen molar-refractivity contribution in [1.29, 1.82) is 0 Å². The van der Waals surface area contributed by atoms with Gasteiger partial charge in [0.05, 0.1) is 17.5 Å². The van der Waals surface area contributed by atoms with E-state index in [9.17, 15) is 14.4 Å². The van der Waals surface area contributed by atoms with Crippen molar-refractivity contribution in [2.75, 3.05) is 55.7 Å². The number of carbonyl (C=O) groups is 3. The van der Waals surface area contributed by atoms with Gasteiger partial charge in [-0.05, 0) is 129 Å². The molecular weight excluding hydrogens is 785 g/mol. The lowest BCUT2D eigenvalue weighted by atomic mass is 9.72. The highest BCUT2D eigenvalue weighted by molar-refractivity contribution is 8.00. The molecule has 0 bridgehead atoms. The van der Waals surface area contributed by atoms with E-state index < -0.39 is 6.04 Å². The van der Waals surface area contributed by atoms with Gasteiger partial charge < -0.3 is 20.6 Å². The van der Waals surface area contributed by atoms with E-state index in [-0.39, 0.29) is 23.5 Å². The number of hydrogen-bond acceptors (Lipinski definition) is 7. The van der Waals surface area contributed by atoms with E-state index in [1.165, 1.54) is 50.5 Å². The van der Waals surface area contributed by atoms with Gasteiger partial charge in [0.25, 0.3) is 0 Å². The molecule has 4 aliphatic rings. The predicted molar refractivity (Wildman–Crippen MR) is 250 cm³/mol. The number of amides is 2. The highest BCUT2D eigenvalue weighted by Gasteiger charge is 2.42. The second-order valence-electron chi connectivity index (χ2n) is 18.7. The molecule has 0 radical (unpaired) electrons. The minimum atomic E-state index is -0.486. The van der Waals surface area contributed by atoms with Crippen LogP contribution < -0.4 is 10.6 Å². The first-order valence-electron chi connectivity index (χ1n) is 23.1. The Balaban J connectivity index is 0.750. The van der Waals surface area contributed by atoms with Gasteiger partial charge in [-0.1, -0.05) is 52.0 Å². The van der Waals surface area contributed by atoms with E-state index in [4.69, 9.17) is 0 Å². The van der Waals surface area contributed by atoms with Crippen LogP contribution in [0.4, 0.5) is 0 Å². The zero-order valence-electron chi connectivity index (χ0n) is 36.4. The molecule has 2 aromatic carbocycles. The Hall–Kier alpha value is -3.25. The van der Waals surface area contributed by atoms with Crippen molar-refractivity contribution in [3.8, 4) is 0 Å². The van der Waals surface area contributed by atoms with Crippen LogP contribution in [0.1, 0.15) is 107 Å². The average Bonchev–Trinajstić information content (AvgIpc) is 3.86. The first-order chi connectivity index (χ1) is 29.2. The number of thioether (sulfide) groups is 2. The topological polar surface area (TPSA) is 113 Å². The van der Waals surface area contributed by atoms with Gasteiger partial charge in [-0.3, -0.25) is 24.2 Å². The Morgan fingerprint density at radius 3 is 1.80 bits per heavy atom. The molecule has 60 heavy (non-hydrogen) atoms. The largest absolute Gasteiger partial charge is 0.361 e. The molecule has 324 valence electrons. The van der Waals surface area contributed by atoms with Crippen LogP contribution in [0.15, 0.2) is 48.8 Å². The number of Topliss-reactive ketones (excluding diaryl/α,β-unsaturated/α-hetero) is 1. The van der Waals surface area contributed by atoms with Crippen molar-refractivity contribution < 1.29 is 14.4 Å². The molecule has 9 nitrogen and oxygen atoms in total. The van der Waals surface area contributed by atoms with Crippen LogP contribution in [0, 0.1) is 17.8 Å². The van der Waals surface area contributed by atoms with E-state index >= 15 is 0 Å². The Labute approximate surface area is 366 Å². The van der Waals surface area contributed by atoms with Crippen molar-refractivity contribution >= 4 is 62.9 Å². The van der Waals surface area contributed by atoms with Crippen molar-refractivity contribution in [3.63, 3.8) is 0 Å². The molecule has 11 heteroatoms. The minimum absolute atomic E-state index is 0.0520. The third kappa shape index (κ3) is 9.54. The number of benzene rings is 2. The number of carbonyl (C=O) groups excluding carboxylic acids is 3. The van der Waals surface area contributed by atoms with Crippen LogP contribution in [-0.4, -0.2) is 111 Å². The maximum atomic E-state index is 13.3. The van der Waals surface area contributed by atoms with Gasteiger partial charge in [0.15, 0.2) is 5.78 Å². The number of aromatic nitrogens is 2. The molecule has 2 aliphatic carbocycles. The summed E-state index contributed by atoms with van der Waals surface area (Å²) in [5, 5.41) is 9.11. The van der Waals surface area contributed by atoms with Crippen LogP contribution in [0.2, 0.25) is 0 Å². The first kappa shape index (κ1) is 43.4. The van der Waals surface area contributed by atoms with Crippen LogP contribution in [-0.2, 0) is 27.2 Å². The number of fused-ring (bicyclic) bond motifs is 4. The van der Waals surface area contributed by atoms with E-state index in [0.717, 1.165) is 82.6 Å². The molecule has 2 fully saturated rings. The van der Waals surface area contributed by atoms with E-state index in [2.05, 4.69) is 93.0 Å². The average molecular weight is 853 g/mol. The van der Waals surface area contributed by atoms with Crippen LogP contribution in [0.3, 0.4) is 0 Å². The molecule has 4 N–H and O–H groups in total. The summed E-state index contributed by atoms with van der Waals surface area (Å²) in [4.78, 5) is 51.9. The first-order valence-corrected chi connectivity index (χ1v) is 25.4. The summed E-state index contributed by atoms with van der Waals surface area (Å²) in [7, 11) is 0. The van der Waals surface area contributed by atoms with Crippen molar-refractivity contribution in [3.05, 3.63) is 71.0 Å². The van der Waals surface area contributed by atoms with Gasteiger partial charge in [0.1, 0.15) is 0 Å². The van der Waals surface area contributed by atoms with Crippen molar-refractivity contribution in [1.82, 2.24) is 30.4 Å². The number of nitrogens with one attached hydrogen (secondary N) is 4. The summed E-state index contributed by atoms with van der Waals surface area (Å²) in [6.07, 6.45) is 13.4. The number of likely N-dealkylation sites (tertiary alicyclic amines) is 2. The smallest absolute Gasteiger partial charge is 0.230 e. The lowest BCUT2D eigenvalue weighted by Crippen LogP contribution is -2.50. The van der Waals surface area contributed by atoms with Gasteiger partial charge in [0, 0.05) is 83.7 Å². The summed E-state index contributed by atoms with van der Waals surface area (Å²) in [5.74, 6) is 4.89. The maximum Gasteiger partial charge on any atom is 0.230 e. The molecule has 4 aromatic rings. The van der Waals surface area contributed by atoms with Gasteiger partial charge in [-0.2, -0.15) is 23.5 Å². The number of aromatic amines is 2. The highest BCUT2D eigenvalue weighted by atomic mass is 32.2. The lowest BCUT2D eigenvalue weighted by molar-refractivity contribution is -0.128. The number of rotatable bonds is 20. The molecule has 7 atom stereocenters. The van der Waals surface area contributed by atoms with Crippen molar-refractivity contribution in [2.24, 2.45) is 17.8 Å². The molecule has 2 amide bonds. The van der Waals surface area contributed by atoms with E-state index in [1.807, 2.05) is 13.8 Å². The van der Waals surface area contributed by atoms with Gasteiger partial charge in [0.2, 0.25) is 11.8 Å². The Bertz CT molecular complexity index is 2110. The van der Waals surface area contributed by atoms with Gasteiger partial charge in [-0.25, -0.2) is 0 Å². The fraction of sp³-hybridized carbons (Fsp3) is 0.612. The fourth-order valence-corrected chi connectivity index (χ4v) is 13.4. The maximum absolute atomic E-state index is 13.3. The second-order valence-corrected chi connectivity index (χ2v) is 20.7. The number of hydrogen-bond donors (Lipinski definition) is 4. The number of unbranched alkanes of at least 4 members (excludes halogenated alkanes) is 1.